The SMILES string of the molecule is S=C1N[C@H](c2ccccn2)[C@@H](c2cccn2-c2nc3ccccc3s2)N1c1ccc(Oc2ccccc2)cc1. The second-order valence-corrected chi connectivity index (χ2v) is 10.6. The molecule has 0 bridgehead atoms. The lowest BCUT2D eigenvalue weighted by atomic mass is 10.0. The first kappa shape index (κ1) is 23.6. The molecule has 1 aliphatic rings. The molecule has 3 aromatic heterocycles. The number of nitrogens with one attached hydrogen (secondary N) is 1. The van der Waals surface area contributed by atoms with Crippen LogP contribution in [0.15, 0.2) is 122 Å². The van der Waals surface area contributed by atoms with Crippen LogP contribution >= 0.6 is 23.6 Å². The smallest absolute Gasteiger partial charge is 0.194 e. The van der Waals surface area contributed by atoms with E-state index in [0.29, 0.717) is 5.11 Å². The number of benzene rings is 3. The number of para-hydroxylation sites is 2. The Hall–Kier alpha value is -4.53. The van der Waals surface area contributed by atoms with Crippen molar-refractivity contribution in [2.24, 2.45) is 0 Å². The number of ether oxygens (including phenoxy) is 1. The minimum absolute atomic E-state index is 0.151. The predicted octanol–water partition coefficient (Wildman–Crippen LogP) is 7.45. The lowest BCUT2D eigenvalue weighted by molar-refractivity contribution is 0.482. The van der Waals surface area contributed by atoms with Crippen LogP contribution in [0.25, 0.3) is 15.3 Å². The molecule has 8 heteroatoms. The molecule has 3 aromatic carbocycles. The number of thiazole rings is 1. The molecule has 0 aliphatic carbocycles. The molecule has 7 rings (SSSR count). The van der Waals surface area contributed by atoms with E-state index in [4.69, 9.17) is 26.9 Å². The van der Waals surface area contributed by atoms with Gasteiger partial charge in [-0.15, -0.1) is 0 Å². The summed E-state index contributed by atoms with van der Waals surface area (Å²) in [6.07, 6.45) is 3.89. The Morgan fingerprint density at radius 3 is 2.36 bits per heavy atom. The van der Waals surface area contributed by atoms with Gasteiger partial charge in [-0.1, -0.05) is 47.7 Å². The Morgan fingerprint density at radius 1 is 0.795 bits per heavy atom. The fraction of sp³-hybridized carbons (Fsp3) is 0.0645. The molecule has 0 unspecified atom stereocenters. The van der Waals surface area contributed by atoms with Crippen LogP contribution < -0.4 is 15.0 Å². The van der Waals surface area contributed by atoms with Crippen molar-refractivity contribution in [2.75, 3.05) is 4.90 Å². The standard InChI is InChI=1S/C31H23N5OS2/c38-30-34-28(25-12-6-7-19-32-25)29(26-13-8-20-35(26)31-33-24-11-4-5-14-27(24)39-31)36(30)21-15-17-23(18-16-21)37-22-9-2-1-3-10-22/h1-20,28-29H,(H,34,38)/t28-,29-/m1/s1. The largest absolute Gasteiger partial charge is 0.457 e. The molecule has 1 saturated heterocycles. The summed E-state index contributed by atoms with van der Waals surface area (Å²) in [7, 11) is 0. The zero-order valence-electron chi connectivity index (χ0n) is 20.7. The number of pyridine rings is 1. The van der Waals surface area contributed by atoms with Crippen molar-refractivity contribution in [2.45, 2.75) is 12.1 Å². The van der Waals surface area contributed by atoms with Gasteiger partial charge in [0.05, 0.1) is 27.6 Å². The number of rotatable bonds is 6. The molecule has 0 amide bonds. The van der Waals surface area contributed by atoms with Crippen LogP contribution in [0.2, 0.25) is 0 Å². The van der Waals surface area contributed by atoms with Crippen LogP contribution in [0.4, 0.5) is 5.69 Å². The molecule has 0 spiro atoms. The van der Waals surface area contributed by atoms with E-state index in [2.05, 4.69) is 39.2 Å². The second kappa shape index (κ2) is 9.98. The van der Waals surface area contributed by atoms with Crippen molar-refractivity contribution in [3.8, 4) is 16.6 Å². The van der Waals surface area contributed by atoms with Crippen molar-refractivity contribution >= 4 is 44.6 Å². The van der Waals surface area contributed by atoms with Gasteiger partial charge in [-0.25, -0.2) is 4.98 Å². The van der Waals surface area contributed by atoms with Crippen LogP contribution in [-0.4, -0.2) is 19.6 Å². The Labute approximate surface area is 235 Å². The third kappa shape index (κ3) is 4.43. The van der Waals surface area contributed by atoms with E-state index in [-0.39, 0.29) is 12.1 Å². The lowest BCUT2D eigenvalue weighted by Crippen LogP contribution is -2.30. The number of thiocarbonyl (C=S) groups is 1. The zero-order valence-corrected chi connectivity index (χ0v) is 22.3. The van der Waals surface area contributed by atoms with Gasteiger partial charge >= 0.3 is 0 Å². The summed E-state index contributed by atoms with van der Waals surface area (Å²) < 4.78 is 9.35. The Balaban J connectivity index is 1.30. The summed E-state index contributed by atoms with van der Waals surface area (Å²) in [5, 5.41) is 5.11. The highest BCUT2D eigenvalue weighted by atomic mass is 32.1. The van der Waals surface area contributed by atoms with Gasteiger partial charge in [-0.05, 0) is 85.0 Å². The lowest BCUT2D eigenvalue weighted by Gasteiger charge is -2.28. The van der Waals surface area contributed by atoms with Gasteiger partial charge in [0, 0.05) is 18.1 Å². The van der Waals surface area contributed by atoms with Gasteiger partial charge in [-0.3, -0.25) is 9.55 Å². The van der Waals surface area contributed by atoms with E-state index >= 15 is 0 Å². The van der Waals surface area contributed by atoms with E-state index in [1.165, 1.54) is 0 Å². The van der Waals surface area contributed by atoms with Gasteiger partial charge in [0.25, 0.3) is 0 Å². The van der Waals surface area contributed by atoms with E-state index < -0.39 is 0 Å². The fourth-order valence-corrected chi connectivity index (χ4v) is 6.32. The topological polar surface area (TPSA) is 55.2 Å². The second-order valence-electron chi connectivity index (χ2n) is 9.17. The molecular formula is C31H23N5OS2. The number of hydrogen-bond donors (Lipinski definition) is 1. The summed E-state index contributed by atoms with van der Waals surface area (Å²) in [6.45, 7) is 0. The Bertz CT molecular complexity index is 1720. The summed E-state index contributed by atoms with van der Waals surface area (Å²) in [5.41, 5.74) is 3.95. The number of hydrogen-bond acceptors (Lipinski definition) is 5. The fourth-order valence-electron chi connectivity index (χ4n) is 5.01. The van der Waals surface area contributed by atoms with E-state index in [0.717, 1.165) is 43.9 Å². The quantitative estimate of drug-likeness (QED) is 0.219. The molecule has 2 atom stereocenters. The first-order valence-electron chi connectivity index (χ1n) is 12.6. The zero-order chi connectivity index (χ0) is 26.2. The maximum Gasteiger partial charge on any atom is 0.194 e. The van der Waals surface area contributed by atoms with Gasteiger partial charge < -0.3 is 15.0 Å². The average molecular weight is 546 g/mol. The first-order chi connectivity index (χ1) is 19.2. The van der Waals surface area contributed by atoms with Crippen LogP contribution in [-0.2, 0) is 0 Å². The van der Waals surface area contributed by atoms with Crippen LogP contribution in [0.1, 0.15) is 23.5 Å². The highest BCUT2D eigenvalue weighted by Crippen LogP contribution is 2.43. The van der Waals surface area contributed by atoms with Gasteiger partial charge in [0.1, 0.15) is 17.5 Å². The van der Waals surface area contributed by atoms with Gasteiger partial charge in [0.2, 0.25) is 0 Å². The van der Waals surface area contributed by atoms with E-state index in [1.54, 1.807) is 11.3 Å². The molecular weight excluding hydrogens is 523 g/mol. The Kier molecular flexibility index (Phi) is 6.03. The van der Waals surface area contributed by atoms with E-state index in [9.17, 15) is 0 Å². The van der Waals surface area contributed by atoms with Gasteiger partial charge in [-0.2, -0.15) is 0 Å². The molecule has 190 valence electrons. The van der Waals surface area contributed by atoms with Crippen molar-refractivity contribution in [3.63, 3.8) is 0 Å². The van der Waals surface area contributed by atoms with Crippen molar-refractivity contribution in [1.82, 2.24) is 19.9 Å². The predicted molar refractivity (Wildman–Crippen MR) is 160 cm³/mol. The van der Waals surface area contributed by atoms with Crippen molar-refractivity contribution in [3.05, 3.63) is 133 Å². The third-order valence-electron chi connectivity index (χ3n) is 6.76. The minimum atomic E-state index is -0.157. The first-order valence-corrected chi connectivity index (χ1v) is 13.8. The summed E-state index contributed by atoms with van der Waals surface area (Å²) in [4.78, 5) is 11.8. The summed E-state index contributed by atoms with van der Waals surface area (Å²) in [5.74, 6) is 1.56. The molecule has 39 heavy (non-hydrogen) atoms. The van der Waals surface area contributed by atoms with E-state index in [1.807, 2.05) is 97.2 Å². The number of nitrogens with zero attached hydrogens (tertiary/aromatic N) is 4. The summed E-state index contributed by atoms with van der Waals surface area (Å²) >= 11 is 7.61. The summed E-state index contributed by atoms with van der Waals surface area (Å²) in [6, 6.07) is 35.9. The minimum Gasteiger partial charge on any atom is -0.457 e. The maximum atomic E-state index is 6.03. The third-order valence-corrected chi connectivity index (χ3v) is 8.11. The number of fused-ring (bicyclic) bond motifs is 1. The normalized spacial score (nSPS) is 16.9. The van der Waals surface area contributed by atoms with Crippen LogP contribution in [0.5, 0.6) is 11.5 Å². The average Bonchev–Trinajstić information content (AvgIpc) is 3.71. The molecule has 0 saturated carbocycles. The number of aromatic nitrogens is 3. The molecule has 1 fully saturated rings. The highest BCUT2D eigenvalue weighted by Gasteiger charge is 2.42. The monoisotopic (exact) mass is 545 g/mol. The Morgan fingerprint density at radius 2 is 1.56 bits per heavy atom. The maximum absolute atomic E-state index is 6.03. The molecule has 6 aromatic rings. The molecule has 6 nitrogen and oxygen atoms in total. The highest BCUT2D eigenvalue weighted by molar-refractivity contribution is 7.80. The van der Waals surface area contributed by atoms with Crippen molar-refractivity contribution < 1.29 is 4.74 Å². The molecule has 4 heterocycles. The molecule has 1 aliphatic heterocycles. The molecule has 0 radical (unpaired) electrons. The molecule has 1 N–H and O–H groups in total. The van der Waals surface area contributed by atoms with Crippen LogP contribution in [0, 0.1) is 0 Å². The van der Waals surface area contributed by atoms with Crippen molar-refractivity contribution in [1.29, 1.82) is 0 Å². The van der Waals surface area contributed by atoms with Crippen LogP contribution in [0.3, 0.4) is 0 Å². The number of anilines is 1. The van der Waals surface area contributed by atoms with Gasteiger partial charge in [0.15, 0.2) is 10.2 Å².